The molecule has 0 spiro atoms. The largest absolute Gasteiger partial charge is 0.507 e. The highest BCUT2D eigenvalue weighted by molar-refractivity contribution is 6.46. The van der Waals surface area contributed by atoms with Gasteiger partial charge in [-0.2, -0.15) is 0 Å². The third-order valence-electron chi connectivity index (χ3n) is 5.74. The van der Waals surface area contributed by atoms with Gasteiger partial charge < -0.3 is 19.5 Å². The molecular weight excluding hydrogens is 406 g/mol. The Labute approximate surface area is 189 Å². The number of ether oxygens (including phenoxy) is 2. The van der Waals surface area contributed by atoms with Crippen LogP contribution < -0.4 is 4.74 Å². The minimum atomic E-state index is -0.673. The van der Waals surface area contributed by atoms with E-state index in [0.717, 1.165) is 28.9 Å². The van der Waals surface area contributed by atoms with E-state index in [1.165, 1.54) is 4.90 Å². The molecule has 6 nitrogen and oxygen atoms in total. The van der Waals surface area contributed by atoms with Gasteiger partial charge >= 0.3 is 0 Å². The van der Waals surface area contributed by atoms with Gasteiger partial charge in [0.1, 0.15) is 11.5 Å². The van der Waals surface area contributed by atoms with Gasteiger partial charge in [0.15, 0.2) is 0 Å². The Bertz CT molecular complexity index is 1010. The zero-order chi connectivity index (χ0) is 23.3. The molecule has 1 fully saturated rings. The fourth-order valence-electron chi connectivity index (χ4n) is 3.85. The van der Waals surface area contributed by atoms with Gasteiger partial charge in [-0.25, -0.2) is 0 Å². The molecule has 2 aromatic rings. The molecule has 1 atom stereocenters. The van der Waals surface area contributed by atoms with Gasteiger partial charge in [-0.1, -0.05) is 31.2 Å². The summed E-state index contributed by atoms with van der Waals surface area (Å²) in [5.74, 6) is -0.713. The van der Waals surface area contributed by atoms with Gasteiger partial charge in [0.25, 0.3) is 11.7 Å². The van der Waals surface area contributed by atoms with E-state index in [1.807, 2.05) is 57.2 Å². The maximum Gasteiger partial charge on any atom is 0.295 e. The minimum Gasteiger partial charge on any atom is -0.507 e. The van der Waals surface area contributed by atoms with Crippen molar-refractivity contribution in [2.45, 2.75) is 39.7 Å². The predicted molar refractivity (Wildman–Crippen MR) is 124 cm³/mol. The third-order valence-corrected chi connectivity index (χ3v) is 5.74. The fourth-order valence-corrected chi connectivity index (χ4v) is 3.85. The first kappa shape index (κ1) is 23.5. The lowest BCUT2D eigenvalue weighted by Crippen LogP contribution is -2.31. The van der Waals surface area contributed by atoms with Crippen LogP contribution >= 0.6 is 0 Å². The summed E-state index contributed by atoms with van der Waals surface area (Å²) in [4.78, 5) is 27.5. The van der Waals surface area contributed by atoms with Gasteiger partial charge in [-0.15, -0.1) is 0 Å². The molecule has 32 heavy (non-hydrogen) atoms. The zero-order valence-electron chi connectivity index (χ0n) is 19.2. The molecule has 1 saturated heterocycles. The first-order valence-electron chi connectivity index (χ1n) is 11.0. The van der Waals surface area contributed by atoms with Gasteiger partial charge in [0.2, 0.25) is 0 Å². The molecule has 1 unspecified atom stereocenters. The smallest absolute Gasteiger partial charge is 0.295 e. The molecule has 1 aliphatic heterocycles. The molecule has 0 saturated carbocycles. The van der Waals surface area contributed by atoms with Crippen LogP contribution in [0.1, 0.15) is 48.1 Å². The lowest BCUT2D eigenvalue weighted by Gasteiger charge is -2.25. The van der Waals surface area contributed by atoms with Crippen molar-refractivity contribution in [3.63, 3.8) is 0 Å². The number of hydrogen-bond donors (Lipinski definition) is 1. The molecule has 0 aromatic heterocycles. The predicted octanol–water partition coefficient (Wildman–Crippen LogP) is 4.55. The highest BCUT2D eigenvalue weighted by atomic mass is 16.5. The van der Waals surface area contributed by atoms with Crippen molar-refractivity contribution >= 4 is 17.4 Å². The molecule has 0 bridgehead atoms. The summed E-state index contributed by atoms with van der Waals surface area (Å²) >= 11 is 0. The Kier molecular flexibility index (Phi) is 7.70. The van der Waals surface area contributed by atoms with Crippen LogP contribution in [-0.2, 0) is 14.3 Å². The van der Waals surface area contributed by atoms with Crippen molar-refractivity contribution < 1.29 is 24.2 Å². The van der Waals surface area contributed by atoms with E-state index in [1.54, 1.807) is 13.2 Å². The van der Waals surface area contributed by atoms with Crippen LogP contribution in [0.5, 0.6) is 5.75 Å². The molecule has 1 aliphatic rings. The number of hydrogen-bond acceptors (Lipinski definition) is 5. The topological polar surface area (TPSA) is 76.1 Å². The summed E-state index contributed by atoms with van der Waals surface area (Å²) in [5.41, 5.74) is 3.46. The summed E-state index contributed by atoms with van der Waals surface area (Å²) in [7, 11) is 1.60. The van der Waals surface area contributed by atoms with Crippen molar-refractivity contribution in [3.05, 3.63) is 70.3 Å². The Morgan fingerprint density at radius 1 is 1.03 bits per heavy atom. The molecule has 0 aliphatic carbocycles. The third kappa shape index (κ3) is 4.86. The highest BCUT2D eigenvalue weighted by Gasteiger charge is 2.45. The maximum atomic E-state index is 13.0. The van der Waals surface area contributed by atoms with E-state index < -0.39 is 17.7 Å². The minimum absolute atomic E-state index is 0.109. The number of Topliss-reactive ketones (excluding diaryl/α,β-unsaturated/α-hetero) is 1. The Hall–Kier alpha value is -3.12. The van der Waals surface area contributed by atoms with Crippen molar-refractivity contribution in [3.8, 4) is 5.75 Å². The standard InChI is InChI=1S/C26H31NO5/c1-5-14-32-21-11-9-19(10-12-21)23-22(24(28)20-8-7-17(2)18(3)16-20)25(29)26(30)27(23)13-6-15-31-4/h7-12,16,23,28H,5-6,13-15H2,1-4H3/b24-22-. The Morgan fingerprint density at radius 3 is 2.38 bits per heavy atom. The molecule has 1 amide bonds. The summed E-state index contributed by atoms with van der Waals surface area (Å²) in [5, 5.41) is 11.1. The number of aryl methyl sites for hydroxylation is 2. The van der Waals surface area contributed by atoms with Crippen LogP contribution in [0.25, 0.3) is 5.76 Å². The molecule has 170 valence electrons. The van der Waals surface area contributed by atoms with Crippen LogP contribution in [0, 0.1) is 13.8 Å². The average Bonchev–Trinajstić information content (AvgIpc) is 3.04. The first-order chi connectivity index (χ1) is 15.4. The molecular formula is C26H31NO5. The second-order valence-electron chi connectivity index (χ2n) is 8.06. The number of rotatable bonds is 9. The van der Waals surface area contributed by atoms with Gasteiger partial charge in [0.05, 0.1) is 18.2 Å². The van der Waals surface area contributed by atoms with E-state index >= 15 is 0 Å². The number of aliphatic hydroxyl groups excluding tert-OH is 1. The fraction of sp³-hybridized carbons (Fsp3) is 0.385. The van der Waals surface area contributed by atoms with E-state index in [9.17, 15) is 14.7 Å². The maximum absolute atomic E-state index is 13.0. The Balaban J connectivity index is 2.07. The normalized spacial score (nSPS) is 17.8. The van der Waals surface area contributed by atoms with E-state index in [-0.39, 0.29) is 11.3 Å². The lowest BCUT2D eigenvalue weighted by atomic mass is 9.94. The van der Waals surface area contributed by atoms with Crippen LogP contribution in [0.3, 0.4) is 0 Å². The number of aliphatic hydroxyl groups is 1. The van der Waals surface area contributed by atoms with Crippen molar-refractivity contribution in [1.29, 1.82) is 0 Å². The summed E-state index contributed by atoms with van der Waals surface area (Å²) in [6.45, 7) is 7.39. The zero-order valence-corrected chi connectivity index (χ0v) is 19.2. The van der Waals surface area contributed by atoms with Crippen molar-refractivity contribution in [2.75, 3.05) is 26.9 Å². The second-order valence-corrected chi connectivity index (χ2v) is 8.06. The summed E-state index contributed by atoms with van der Waals surface area (Å²) in [6.07, 6.45) is 1.48. The van der Waals surface area contributed by atoms with E-state index in [2.05, 4.69) is 0 Å². The van der Waals surface area contributed by atoms with Crippen LogP contribution in [-0.4, -0.2) is 48.6 Å². The van der Waals surface area contributed by atoms with Crippen LogP contribution in [0.4, 0.5) is 0 Å². The number of amides is 1. The lowest BCUT2D eigenvalue weighted by molar-refractivity contribution is -0.140. The molecule has 2 aromatic carbocycles. The molecule has 1 N–H and O–H groups in total. The van der Waals surface area contributed by atoms with Crippen molar-refractivity contribution in [1.82, 2.24) is 4.90 Å². The first-order valence-corrected chi connectivity index (χ1v) is 11.0. The van der Waals surface area contributed by atoms with Gasteiger partial charge in [0, 0.05) is 25.8 Å². The quantitative estimate of drug-likeness (QED) is 0.270. The summed E-state index contributed by atoms with van der Waals surface area (Å²) in [6, 6.07) is 12.2. The second kappa shape index (κ2) is 10.5. The van der Waals surface area contributed by atoms with E-state index in [4.69, 9.17) is 9.47 Å². The SMILES string of the molecule is CCCOc1ccc(C2/C(=C(/O)c3ccc(C)c(C)c3)C(=O)C(=O)N2CCCOC)cc1. The summed E-state index contributed by atoms with van der Waals surface area (Å²) < 4.78 is 10.8. The number of ketones is 1. The molecule has 3 rings (SSSR count). The van der Waals surface area contributed by atoms with Crippen LogP contribution in [0.2, 0.25) is 0 Å². The average molecular weight is 438 g/mol. The molecule has 1 heterocycles. The number of benzene rings is 2. The number of nitrogens with zero attached hydrogens (tertiary/aromatic N) is 1. The number of carbonyl (C=O) groups is 2. The number of likely N-dealkylation sites (tertiary alicyclic amines) is 1. The molecule has 6 heteroatoms. The monoisotopic (exact) mass is 437 g/mol. The molecule has 0 radical (unpaired) electrons. The Morgan fingerprint density at radius 2 is 1.75 bits per heavy atom. The van der Waals surface area contributed by atoms with E-state index in [0.29, 0.717) is 31.7 Å². The highest BCUT2D eigenvalue weighted by Crippen LogP contribution is 2.40. The van der Waals surface area contributed by atoms with Crippen molar-refractivity contribution in [2.24, 2.45) is 0 Å². The number of carbonyl (C=O) groups excluding carboxylic acids is 2. The number of methoxy groups -OCH3 is 1. The van der Waals surface area contributed by atoms with Gasteiger partial charge in [-0.05, 0) is 61.6 Å². The van der Waals surface area contributed by atoms with Gasteiger partial charge in [-0.3, -0.25) is 9.59 Å². The van der Waals surface area contributed by atoms with Crippen LogP contribution in [0.15, 0.2) is 48.0 Å².